The molecule has 4 heterocycles. The third-order valence-corrected chi connectivity index (χ3v) is 4.74. The molecule has 4 rings (SSSR count). The summed E-state index contributed by atoms with van der Waals surface area (Å²) < 4.78 is 1.73. The molecule has 1 fully saturated rings. The minimum absolute atomic E-state index is 0.374. The molecule has 2 aliphatic heterocycles. The second kappa shape index (κ2) is 5.36. The molecule has 0 radical (unpaired) electrons. The van der Waals surface area contributed by atoms with E-state index in [-0.39, 0.29) is 5.92 Å². The second-order valence-corrected chi connectivity index (χ2v) is 6.17. The van der Waals surface area contributed by atoms with Gasteiger partial charge in [-0.2, -0.15) is 9.61 Å². The van der Waals surface area contributed by atoms with E-state index >= 15 is 0 Å². The normalized spacial score (nSPS) is 18.2. The Labute approximate surface area is 137 Å². The van der Waals surface area contributed by atoms with Crippen LogP contribution in [0.2, 0.25) is 0 Å². The quantitative estimate of drug-likeness (QED) is 0.815. The molecule has 0 saturated carbocycles. The van der Waals surface area contributed by atoms with Gasteiger partial charge in [-0.3, -0.25) is 4.79 Å². The number of fused-ring (bicyclic) bond motifs is 2. The lowest BCUT2D eigenvalue weighted by atomic mass is 9.98. The Morgan fingerprint density at radius 2 is 1.92 bits per heavy atom. The first-order valence-corrected chi connectivity index (χ1v) is 7.85. The van der Waals surface area contributed by atoms with Crippen molar-refractivity contribution in [3.8, 4) is 0 Å². The van der Waals surface area contributed by atoms with Gasteiger partial charge in [0.1, 0.15) is 5.82 Å². The van der Waals surface area contributed by atoms with Crippen molar-refractivity contribution in [2.75, 3.05) is 31.1 Å². The fraction of sp³-hybridized carbons (Fsp3) is 0.467. The predicted octanol–water partition coefficient (Wildman–Crippen LogP) is 0.329. The fourth-order valence-corrected chi connectivity index (χ4v) is 3.39. The number of hydrogen-bond donors (Lipinski definition) is 2. The summed E-state index contributed by atoms with van der Waals surface area (Å²) in [6.07, 6.45) is 1.84. The smallest absolute Gasteiger partial charge is 0.407 e. The van der Waals surface area contributed by atoms with Gasteiger partial charge < -0.3 is 20.0 Å². The van der Waals surface area contributed by atoms with Crippen LogP contribution < -0.4 is 4.90 Å². The molecule has 2 aromatic heterocycles. The summed E-state index contributed by atoms with van der Waals surface area (Å²) in [6, 6.07) is 1.80. The van der Waals surface area contributed by atoms with Crippen LogP contribution in [0.15, 0.2) is 12.3 Å². The molecule has 24 heavy (non-hydrogen) atoms. The summed E-state index contributed by atoms with van der Waals surface area (Å²) in [5, 5.41) is 22.7. The second-order valence-electron chi connectivity index (χ2n) is 6.17. The highest BCUT2D eigenvalue weighted by atomic mass is 16.4. The number of rotatable bonds is 2. The van der Waals surface area contributed by atoms with Gasteiger partial charge in [-0.1, -0.05) is 0 Å². The van der Waals surface area contributed by atoms with E-state index in [0.29, 0.717) is 44.7 Å². The summed E-state index contributed by atoms with van der Waals surface area (Å²) >= 11 is 0. The number of aromatic nitrogens is 3. The van der Waals surface area contributed by atoms with Gasteiger partial charge in [0.25, 0.3) is 0 Å². The van der Waals surface area contributed by atoms with Crippen LogP contribution >= 0.6 is 0 Å². The Kier molecular flexibility index (Phi) is 3.29. The van der Waals surface area contributed by atoms with Crippen LogP contribution in [0.5, 0.6) is 0 Å². The van der Waals surface area contributed by atoms with Crippen LogP contribution in [0.4, 0.5) is 10.6 Å². The van der Waals surface area contributed by atoms with E-state index in [2.05, 4.69) is 10.1 Å². The highest BCUT2D eigenvalue weighted by Gasteiger charge is 2.36. The first-order valence-electron chi connectivity index (χ1n) is 7.85. The maximum atomic E-state index is 11.3. The highest BCUT2D eigenvalue weighted by Crippen LogP contribution is 2.32. The third-order valence-electron chi connectivity index (χ3n) is 4.74. The van der Waals surface area contributed by atoms with Gasteiger partial charge in [0.05, 0.1) is 17.8 Å². The molecule has 9 heteroatoms. The first kappa shape index (κ1) is 14.7. The molecule has 0 spiro atoms. The number of anilines is 1. The monoisotopic (exact) mass is 331 g/mol. The summed E-state index contributed by atoms with van der Waals surface area (Å²) in [5.41, 5.74) is 2.55. The van der Waals surface area contributed by atoms with Crippen molar-refractivity contribution in [1.82, 2.24) is 19.5 Å². The maximum absolute atomic E-state index is 11.3. The summed E-state index contributed by atoms with van der Waals surface area (Å²) in [5.74, 6) is -0.314. The molecular formula is C15H17N5O4. The van der Waals surface area contributed by atoms with Crippen LogP contribution in [0, 0.1) is 5.92 Å². The number of nitrogens with zero attached hydrogens (tertiary/aromatic N) is 5. The Morgan fingerprint density at radius 3 is 2.62 bits per heavy atom. The van der Waals surface area contributed by atoms with Gasteiger partial charge in [-0.25, -0.2) is 9.78 Å². The zero-order valence-corrected chi connectivity index (χ0v) is 12.9. The van der Waals surface area contributed by atoms with E-state index < -0.39 is 12.1 Å². The van der Waals surface area contributed by atoms with Crippen molar-refractivity contribution in [1.29, 1.82) is 0 Å². The first-order chi connectivity index (χ1) is 11.5. The third kappa shape index (κ3) is 2.24. The van der Waals surface area contributed by atoms with E-state index in [1.165, 1.54) is 4.90 Å². The van der Waals surface area contributed by atoms with Gasteiger partial charge in [-0.15, -0.1) is 0 Å². The van der Waals surface area contributed by atoms with Crippen molar-refractivity contribution >= 4 is 23.5 Å². The van der Waals surface area contributed by atoms with E-state index in [0.717, 1.165) is 17.1 Å². The number of carboxylic acids is 1. The number of carbonyl (C=O) groups is 2. The minimum atomic E-state index is -0.927. The average molecular weight is 331 g/mol. The van der Waals surface area contributed by atoms with E-state index in [9.17, 15) is 14.7 Å². The lowest BCUT2D eigenvalue weighted by Crippen LogP contribution is -2.51. The molecule has 1 amide bonds. The molecule has 0 aromatic carbocycles. The molecule has 126 valence electrons. The van der Waals surface area contributed by atoms with Crippen LogP contribution in [-0.4, -0.2) is 68.0 Å². The van der Waals surface area contributed by atoms with Crippen LogP contribution in [-0.2, 0) is 17.6 Å². The average Bonchev–Trinajstić information content (AvgIpc) is 2.83. The minimum Gasteiger partial charge on any atom is -0.481 e. The zero-order chi connectivity index (χ0) is 16.8. The van der Waals surface area contributed by atoms with Gasteiger partial charge >= 0.3 is 12.1 Å². The van der Waals surface area contributed by atoms with Crippen molar-refractivity contribution in [2.24, 2.45) is 5.92 Å². The molecule has 1 saturated heterocycles. The van der Waals surface area contributed by atoms with Crippen molar-refractivity contribution in [3.05, 3.63) is 23.5 Å². The fourth-order valence-electron chi connectivity index (χ4n) is 3.39. The van der Waals surface area contributed by atoms with E-state index in [4.69, 9.17) is 5.11 Å². The Balaban J connectivity index is 1.74. The number of amides is 1. The van der Waals surface area contributed by atoms with Crippen LogP contribution in [0.1, 0.15) is 11.3 Å². The molecule has 0 atom stereocenters. The molecular weight excluding hydrogens is 314 g/mol. The summed E-state index contributed by atoms with van der Waals surface area (Å²) in [6.45, 7) is 1.68. The SMILES string of the molecule is O=C(O)C1CN(c2c3c(nc4ccnn24)CCN(C(=O)O)CC3)C1. The Hall–Kier alpha value is -2.84. The van der Waals surface area contributed by atoms with Crippen LogP contribution in [0.25, 0.3) is 5.65 Å². The molecule has 2 aromatic rings. The predicted molar refractivity (Wildman–Crippen MR) is 83.3 cm³/mol. The molecule has 2 N–H and O–H groups in total. The standard InChI is InChI=1S/C15H17N5O4/c21-14(22)9-7-19(8-9)13-10-2-5-18(15(23)24)6-3-11(10)17-12-1-4-16-20(12)13/h1,4,9H,2-3,5-8H2,(H,21,22)(H,23,24). The van der Waals surface area contributed by atoms with E-state index in [1.807, 2.05) is 4.90 Å². The summed E-state index contributed by atoms with van der Waals surface area (Å²) in [7, 11) is 0. The lowest BCUT2D eigenvalue weighted by molar-refractivity contribution is -0.142. The van der Waals surface area contributed by atoms with E-state index in [1.54, 1.807) is 16.8 Å². The topological polar surface area (TPSA) is 111 Å². The Morgan fingerprint density at radius 1 is 1.17 bits per heavy atom. The highest BCUT2D eigenvalue weighted by molar-refractivity contribution is 5.75. The molecule has 0 unspecified atom stereocenters. The van der Waals surface area contributed by atoms with Crippen molar-refractivity contribution in [2.45, 2.75) is 12.8 Å². The summed E-state index contributed by atoms with van der Waals surface area (Å²) in [4.78, 5) is 30.4. The number of aliphatic carboxylic acids is 1. The zero-order valence-electron chi connectivity index (χ0n) is 12.9. The largest absolute Gasteiger partial charge is 0.481 e. The van der Waals surface area contributed by atoms with Crippen molar-refractivity contribution < 1.29 is 19.8 Å². The van der Waals surface area contributed by atoms with Gasteiger partial charge in [0, 0.05) is 44.2 Å². The number of carboxylic acid groups (broad SMARTS) is 2. The molecule has 2 aliphatic rings. The molecule has 0 bridgehead atoms. The van der Waals surface area contributed by atoms with Crippen molar-refractivity contribution in [3.63, 3.8) is 0 Å². The van der Waals surface area contributed by atoms with Gasteiger partial charge in [-0.05, 0) is 6.42 Å². The lowest BCUT2D eigenvalue weighted by Gasteiger charge is -2.39. The van der Waals surface area contributed by atoms with Crippen LogP contribution in [0.3, 0.4) is 0 Å². The maximum Gasteiger partial charge on any atom is 0.407 e. The number of hydrogen-bond acceptors (Lipinski definition) is 5. The Bertz CT molecular complexity index is 827. The molecule has 9 nitrogen and oxygen atoms in total. The molecule has 0 aliphatic carbocycles. The van der Waals surface area contributed by atoms with Gasteiger partial charge in [0.2, 0.25) is 0 Å². The van der Waals surface area contributed by atoms with Gasteiger partial charge in [0.15, 0.2) is 5.65 Å².